The molecule has 2 nitrogen and oxygen atoms in total. The van der Waals surface area contributed by atoms with Gasteiger partial charge in [0.2, 0.25) is 0 Å². The van der Waals surface area contributed by atoms with Crippen LogP contribution in [0.5, 0.6) is 0 Å². The van der Waals surface area contributed by atoms with E-state index in [4.69, 9.17) is 4.98 Å². The molecule has 4 heteroatoms. The maximum absolute atomic E-state index is 5.19. The molecule has 1 aromatic rings. The Morgan fingerprint density at radius 1 is 0.485 bits per heavy atom. The fourth-order valence-electron chi connectivity index (χ4n) is 9.84. The van der Waals surface area contributed by atoms with Gasteiger partial charge in [-0.05, 0) is 42.4 Å². The molecule has 0 saturated heterocycles. The van der Waals surface area contributed by atoms with E-state index in [9.17, 15) is 0 Å². The summed E-state index contributed by atoms with van der Waals surface area (Å²) < 4.78 is 3.12. The van der Waals surface area contributed by atoms with E-state index in [0.29, 0.717) is 0 Å². The molecular formula is C29H58N2Si2. The van der Waals surface area contributed by atoms with Crippen LogP contribution >= 0.6 is 0 Å². The van der Waals surface area contributed by atoms with Crippen molar-refractivity contribution in [2.24, 2.45) is 0 Å². The van der Waals surface area contributed by atoms with Gasteiger partial charge < -0.3 is 4.23 Å². The van der Waals surface area contributed by atoms with Crippen molar-refractivity contribution < 1.29 is 0 Å². The van der Waals surface area contributed by atoms with Crippen LogP contribution < -0.4 is 4.23 Å². The smallest absolute Gasteiger partial charge is 0.165 e. The maximum atomic E-state index is 5.19. The number of pyridine rings is 1. The van der Waals surface area contributed by atoms with Crippen LogP contribution in [0.15, 0.2) is 24.4 Å². The number of hydrogen-bond acceptors (Lipinski definition) is 2. The molecular weight excluding hydrogens is 433 g/mol. The zero-order chi connectivity index (χ0) is 26.7. The van der Waals surface area contributed by atoms with Crippen LogP contribution in [0.4, 0.5) is 5.82 Å². The average molecular weight is 491 g/mol. The first-order chi connectivity index (χ1) is 14.2. The van der Waals surface area contributed by atoms with E-state index in [1.54, 1.807) is 0 Å². The molecule has 0 amide bonds. The SMILES string of the molecule is CC(C)(C)[Si](N(c1ccccn1)[Si](C(C)(C)C)(C(C)(C)C)C(C)(C)C)(C(C)(C)C)C(C)(C)C. The van der Waals surface area contributed by atoms with E-state index >= 15 is 0 Å². The van der Waals surface area contributed by atoms with Crippen molar-refractivity contribution in [3.05, 3.63) is 24.4 Å². The molecule has 0 unspecified atom stereocenters. The van der Waals surface area contributed by atoms with Gasteiger partial charge in [-0.25, -0.2) is 4.98 Å². The zero-order valence-corrected chi connectivity index (χ0v) is 27.7. The predicted molar refractivity (Wildman–Crippen MR) is 157 cm³/mol. The Bertz CT molecular complexity index is 664. The molecule has 0 fully saturated rings. The van der Waals surface area contributed by atoms with Gasteiger partial charge in [0.25, 0.3) is 0 Å². The lowest BCUT2D eigenvalue weighted by Gasteiger charge is -2.75. The summed E-state index contributed by atoms with van der Waals surface area (Å²) in [6, 6.07) is 6.59. The van der Waals surface area contributed by atoms with E-state index in [2.05, 4.69) is 147 Å². The first kappa shape index (κ1) is 30.4. The molecule has 1 heterocycles. The fourth-order valence-corrected chi connectivity index (χ4v) is 36.4. The quantitative estimate of drug-likeness (QED) is 0.391. The summed E-state index contributed by atoms with van der Waals surface area (Å²) in [7, 11) is -4.81. The van der Waals surface area contributed by atoms with Crippen molar-refractivity contribution in [3.8, 4) is 0 Å². The second kappa shape index (κ2) is 8.50. The van der Waals surface area contributed by atoms with Crippen molar-refractivity contribution >= 4 is 22.3 Å². The lowest BCUT2D eigenvalue weighted by molar-refractivity contribution is 0.496. The summed E-state index contributed by atoms with van der Waals surface area (Å²) in [6.07, 6.45) is 2.02. The normalized spacial score (nSPS) is 15.6. The van der Waals surface area contributed by atoms with E-state index in [0.717, 1.165) is 0 Å². The van der Waals surface area contributed by atoms with Crippen molar-refractivity contribution in [2.45, 2.75) is 155 Å². The Balaban J connectivity index is 4.71. The first-order valence-corrected chi connectivity index (χ1v) is 16.8. The molecule has 0 saturated carbocycles. The average Bonchev–Trinajstić information content (AvgIpc) is 2.47. The number of anilines is 1. The topological polar surface area (TPSA) is 16.1 Å². The Kier molecular flexibility index (Phi) is 7.83. The summed E-state index contributed by atoms with van der Waals surface area (Å²) in [5.41, 5.74) is 0. The third-order valence-electron chi connectivity index (χ3n) is 8.06. The number of rotatable bonds is 3. The molecule has 0 radical (unpaired) electrons. The molecule has 33 heavy (non-hydrogen) atoms. The number of hydrogen-bond donors (Lipinski definition) is 0. The molecule has 0 bridgehead atoms. The van der Waals surface area contributed by atoms with Crippen LogP contribution in [0.25, 0.3) is 0 Å². The highest BCUT2D eigenvalue weighted by Gasteiger charge is 2.74. The highest BCUT2D eigenvalue weighted by Crippen LogP contribution is 2.72. The third kappa shape index (κ3) is 4.53. The fraction of sp³-hybridized carbons (Fsp3) is 0.828. The van der Waals surface area contributed by atoms with Gasteiger partial charge in [-0.15, -0.1) is 0 Å². The summed E-state index contributed by atoms with van der Waals surface area (Å²) in [5.74, 6) is 1.20. The third-order valence-corrected chi connectivity index (χ3v) is 24.9. The second-order valence-corrected chi connectivity index (χ2v) is 29.6. The van der Waals surface area contributed by atoms with Crippen LogP contribution in [0.2, 0.25) is 30.2 Å². The maximum Gasteiger partial charge on any atom is 0.165 e. The highest BCUT2D eigenvalue weighted by molar-refractivity contribution is 7.08. The molecule has 192 valence electrons. The summed E-state index contributed by atoms with van der Waals surface area (Å²) in [5, 5.41) is 0.756. The highest BCUT2D eigenvalue weighted by atomic mass is 28.4. The van der Waals surface area contributed by atoms with E-state index < -0.39 is 16.5 Å². The van der Waals surface area contributed by atoms with Gasteiger partial charge in [-0.2, -0.15) is 0 Å². The Morgan fingerprint density at radius 2 is 0.758 bits per heavy atom. The zero-order valence-electron chi connectivity index (χ0n) is 25.7. The van der Waals surface area contributed by atoms with Gasteiger partial charge in [-0.1, -0.05) is 131 Å². The summed E-state index contributed by atoms with van der Waals surface area (Å²) in [4.78, 5) is 5.19. The Morgan fingerprint density at radius 3 is 0.939 bits per heavy atom. The molecule has 0 aliphatic carbocycles. The monoisotopic (exact) mass is 490 g/mol. The van der Waals surface area contributed by atoms with E-state index in [1.165, 1.54) is 5.82 Å². The van der Waals surface area contributed by atoms with Crippen molar-refractivity contribution in [1.82, 2.24) is 4.98 Å². The van der Waals surface area contributed by atoms with Crippen molar-refractivity contribution in [1.29, 1.82) is 0 Å². The lowest BCUT2D eigenvalue weighted by Crippen LogP contribution is -2.83. The second-order valence-electron chi connectivity index (χ2n) is 16.4. The number of nitrogens with zero attached hydrogens (tertiary/aromatic N) is 2. The Hall–Kier alpha value is -0.616. The molecule has 0 atom stereocenters. The van der Waals surface area contributed by atoms with E-state index in [-0.39, 0.29) is 30.2 Å². The molecule has 0 spiro atoms. The summed E-state index contributed by atoms with van der Waals surface area (Å²) >= 11 is 0. The van der Waals surface area contributed by atoms with Gasteiger partial charge in [0.1, 0.15) is 5.82 Å². The number of aromatic nitrogens is 1. The molecule has 1 rings (SSSR count). The minimum Gasteiger partial charge on any atom is -0.406 e. The van der Waals surface area contributed by atoms with Crippen LogP contribution in [-0.4, -0.2) is 21.5 Å². The van der Waals surface area contributed by atoms with Crippen molar-refractivity contribution in [3.63, 3.8) is 0 Å². The molecule has 0 N–H and O–H groups in total. The Labute approximate surface area is 210 Å². The minimum absolute atomic E-state index is 0.126. The van der Waals surface area contributed by atoms with Crippen LogP contribution in [0.1, 0.15) is 125 Å². The summed E-state index contributed by atoms with van der Waals surface area (Å²) in [6.45, 7) is 45.5. The van der Waals surface area contributed by atoms with Gasteiger partial charge in [-0.3, -0.25) is 0 Å². The van der Waals surface area contributed by atoms with Crippen LogP contribution in [0, 0.1) is 0 Å². The standard InChI is InChI=1S/C29H58N2Si2/c1-24(2,3)32(25(4,5)6,26(7,8)9)31(23-21-19-20-22-30-23)33(27(10,11)12,28(13,14)15)29(16,17)18/h19-22H,1-18H3. The van der Waals surface area contributed by atoms with Crippen LogP contribution in [0.3, 0.4) is 0 Å². The lowest BCUT2D eigenvalue weighted by atomic mass is 10.2. The van der Waals surface area contributed by atoms with Gasteiger partial charge in [0, 0.05) is 6.20 Å². The largest absolute Gasteiger partial charge is 0.406 e. The molecule has 0 aliphatic heterocycles. The molecule has 1 aromatic heterocycles. The molecule has 0 aromatic carbocycles. The minimum atomic E-state index is -2.40. The van der Waals surface area contributed by atoms with E-state index in [1.807, 2.05) is 6.20 Å². The molecule has 0 aliphatic rings. The van der Waals surface area contributed by atoms with Crippen molar-refractivity contribution in [2.75, 3.05) is 4.23 Å². The predicted octanol–water partition coefficient (Wildman–Crippen LogP) is 10.6. The van der Waals surface area contributed by atoms with Gasteiger partial charge in [0.15, 0.2) is 16.5 Å². The van der Waals surface area contributed by atoms with Gasteiger partial charge >= 0.3 is 0 Å². The van der Waals surface area contributed by atoms with Crippen LogP contribution in [-0.2, 0) is 0 Å². The first-order valence-electron chi connectivity index (χ1n) is 12.9. The van der Waals surface area contributed by atoms with Gasteiger partial charge in [0.05, 0.1) is 0 Å².